The molecule has 0 spiro atoms. The van der Waals surface area contributed by atoms with E-state index in [0.717, 1.165) is 0 Å². The molecule has 0 aliphatic rings. The van der Waals surface area contributed by atoms with Gasteiger partial charge in [0.05, 0.1) is 11.3 Å². The minimum absolute atomic E-state index is 0.156. The Kier molecular flexibility index (Phi) is 3.45. The van der Waals surface area contributed by atoms with Crippen molar-refractivity contribution in [1.29, 1.82) is 5.26 Å². The van der Waals surface area contributed by atoms with E-state index in [1.165, 1.54) is 12.1 Å². The number of halogens is 3. The van der Waals surface area contributed by atoms with E-state index < -0.39 is 17.9 Å². The third-order valence-corrected chi connectivity index (χ3v) is 3.63. The van der Waals surface area contributed by atoms with E-state index in [1.54, 1.807) is 12.1 Å². The van der Waals surface area contributed by atoms with Crippen molar-refractivity contribution in [3.63, 3.8) is 0 Å². The molecule has 23 heavy (non-hydrogen) atoms. The van der Waals surface area contributed by atoms with Gasteiger partial charge in [-0.1, -0.05) is 23.5 Å². The van der Waals surface area contributed by atoms with Gasteiger partial charge in [0.2, 0.25) is 9.97 Å². The molecule has 0 radical (unpaired) electrons. The zero-order valence-electron chi connectivity index (χ0n) is 11.0. The maximum absolute atomic E-state index is 12.7. The summed E-state index contributed by atoms with van der Waals surface area (Å²) in [5.41, 5.74) is 0.460. The first-order chi connectivity index (χ1) is 10.9. The Bertz CT molecular complexity index is 938. The van der Waals surface area contributed by atoms with Crippen molar-refractivity contribution >= 4 is 27.9 Å². The average molecular weight is 338 g/mol. The highest BCUT2D eigenvalue weighted by molar-refractivity contribution is 7.18. The maximum atomic E-state index is 12.7. The molecular formula is C12H5F3N6OS. The Labute approximate surface area is 130 Å². The number of benzene rings is 1. The number of anilines is 1. The number of hydrogen-bond donors (Lipinski definition) is 1. The molecule has 3 aromatic rings. The summed E-state index contributed by atoms with van der Waals surface area (Å²) in [6, 6.07) is 8.11. The summed E-state index contributed by atoms with van der Waals surface area (Å²) in [7, 11) is 0. The second kappa shape index (κ2) is 5.33. The number of carbonyl (C=O) groups excluding carboxylic acids is 1. The fraction of sp³-hybridized carbons (Fsp3) is 0.0833. The molecule has 1 amide bonds. The molecule has 2 aromatic heterocycles. The number of nitrogens with zero attached hydrogens (tertiary/aromatic N) is 5. The van der Waals surface area contributed by atoms with E-state index >= 15 is 0 Å². The summed E-state index contributed by atoms with van der Waals surface area (Å²) < 4.78 is 38.6. The molecule has 11 heteroatoms. The number of fused-ring (bicyclic) bond motifs is 1. The van der Waals surface area contributed by atoms with E-state index in [1.807, 2.05) is 6.07 Å². The quantitative estimate of drug-likeness (QED) is 0.773. The van der Waals surface area contributed by atoms with Gasteiger partial charge < -0.3 is 5.32 Å². The van der Waals surface area contributed by atoms with E-state index in [-0.39, 0.29) is 21.2 Å². The molecule has 2 heterocycles. The van der Waals surface area contributed by atoms with Crippen LogP contribution < -0.4 is 5.32 Å². The lowest BCUT2D eigenvalue weighted by molar-refractivity contribution is -0.146. The number of alkyl halides is 3. The molecular weight excluding hydrogens is 333 g/mol. The monoisotopic (exact) mass is 338 g/mol. The number of carbonyl (C=O) groups is 1. The van der Waals surface area contributed by atoms with Crippen molar-refractivity contribution < 1.29 is 18.0 Å². The SMILES string of the molecule is N#Cc1ccccc1NC(=O)c1nn2c(C(F)(F)F)nnc2s1. The van der Waals surface area contributed by atoms with Gasteiger partial charge >= 0.3 is 6.18 Å². The molecule has 0 fully saturated rings. The minimum Gasteiger partial charge on any atom is -0.319 e. The van der Waals surface area contributed by atoms with Gasteiger partial charge in [0.15, 0.2) is 0 Å². The Balaban J connectivity index is 1.93. The van der Waals surface area contributed by atoms with Gasteiger partial charge in [-0.05, 0) is 12.1 Å². The lowest BCUT2D eigenvalue weighted by Crippen LogP contribution is -2.15. The largest absolute Gasteiger partial charge is 0.453 e. The predicted octanol–water partition coefficient (Wildman–Crippen LogP) is 2.33. The maximum Gasteiger partial charge on any atom is 0.453 e. The molecule has 0 saturated carbocycles. The molecule has 1 aromatic carbocycles. The van der Waals surface area contributed by atoms with Crippen molar-refractivity contribution in [2.75, 3.05) is 5.32 Å². The molecule has 7 nitrogen and oxygen atoms in total. The summed E-state index contributed by atoms with van der Waals surface area (Å²) in [6.45, 7) is 0. The van der Waals surface area contributed by atoms with Crippen LogP contribution in [-0.4, -0.2) is 25.7 Å². The standard InChI is InChI=1S/C12H5F3N6OS/c13-12(14,15)10-18-19-11-21(10)20-9(23-11)8(22)17-7-4-2-1-3-6(7)5-16/h1-4H,(H,17,22). The van der Waals surface area contributed by atoms with Gasteiger partial charge in [0.25, 0.3) is 11.7 Å². The first kappa shape index (κ1) is 14.9. The molecule has 0 unspecified atom stereocenters. The predicted molar refractivity (Wildman–Crippen MR) is 72.8 cm³/mol. The molecule has 0 saturated heterocycles. The van der Waals surface area contributed by atoms with E-state index in [2.05, 4.69) is 20.6 Å². The van der Waals surface area contributed by atoms with Crippen molar-refractivity contribution in [1.82, 2.24) is 19.8 Å². The zero-order chi connectivity index (χ0) is 16.6. The molecule has 0 aliphatic carbocycles. The highest BCUT2D eigenvalue weighted by Gasteiger charge is 2.38. The summed E-state index contributed by atoms with van der Waals surface area (Å²) in [5, 5.41) is 21.1. The van der Waals surface area contributed by atoms with E-state index in [4.69, 9.17) is 5.26 Å². The van der Waals surface area contributed by atoms with Gasteiger partial charge in [-0.15, -0.1) is 15.3 Å². The van der Waals surface area contributed by atoms with Crippen LogP contribution in [0.3, 0.4) is 0 Å². The number of nitriles is 1. The highest BCUT2D eigenvalue weighted by Crippen LogP contribution is 2.29. The van der Waals surface area contributed by atoms with Gasteiger partial charge in [-0.3, -0.25) is 4.79 Å². The Morgan fingerprint density at radius 2 is 2.04 bits per heavy atom. The average Bonchev–Trinajstić information content (AvgIpc) is 3.06. The number of rotatable bonds is 2. The smallest absolute Gasteiger partial charge is 0.319 e. The summed E-state index contributed by atoms with van der Waals surface area (Å²) in [5.74, 6) is -2.04. The molecule has 116 valence electrons. The fourth-order valence-electron chi connectivity index (χ4n) is 1.75. The molecule has 0 atom stereocenters. The highest BCUT2D eigenvalue weighted by atomic mass is 32.1. The summed E-state index contributed by atoms with van der Waals surface area (Å²) >= 11 is 0.658. The summed E-state index contributed by atoms with van der Waals surface area (Å²) in [6.07, 6.45) is -4.73. The van der Waals surface area contributed by atoms with Crippen LogP contribution >= 0.6 is 11.3 Å². The normalized spacial score (nSPS) is 11.4. The van der Waals surface area contributed by atoms with Crippen molar-refractivity contribution in [3.05, 3.63) is 40.7 Å². The summed E-state index contributed by atoms with van der Waals surface area (Å²) in [4.78, 5) is 11.9. The molecule has 3 rings (SSSR count). The van der Waals surface area contributed by atoms with Crippen LogP contribution in [0.4, 0.5) is 18.9 Å². The van der Waals surface area contributed by atoms with Crippen LogP contribution in [0.2, 0.25) is 0 Å². The number of nitrogens with one attached hydrogen (secondary N) is 1. The number of hydrogen-bond acceptors (Lipinski definition) is 6. The third-order valence-electron chi connectivity index (χ3n) is 2.73. The number of aromatic nitrogens is 4. The molecule has 1 N–H and O–H groups in total. The van der Waals surface area contributed by atoms with Gasteiger partial charge in [-0.2, -0.15) is 22.9 Å². The number of para-hydroxylation sites is 1. The number of amides is 1. The van der Waals surface area contributed by atoms with Crippen LogP contribution in [0.5, 0.6) is 0 Å². The zero-order valence-corrected chi connectivity index (χ0v) is 11.8. The topological polar surface area (TPSA) is 96.0 Å². The minimum atomic E-state index is -4.73. The lowest BCUT2D eigenvalue weighted by atomic mass is 10.2. The second-order valence-electron chi connectivity index (χ2n) is 4.23. The van der Waals surface area contributed by atoms with E-state index in [0.29, 0.717) is 15.9 Å². The van der Waals surface area contributed by atoms with Crippen molar-refractivity contribution in [3.8, 4) is 6.07 Å². The lowest BCUT2D eigenvalue weighted by Gasteiger charge is -2.04. The van der Waals surface area contributed by atoms with Crippen LogP contribution in [0.15, 0.2) is 24.3 Å². The van der Waals surface area contributed by atoms with Gasteiger partial charge in [-0.25, -0.2) is 0 Å². The Hall–Kier alpha value is -3.00. The third kappa shape index (κ3) is 2.71. The van der Waals surface area contributed by atoms with Crippen molar-refractivity contribution in [2.45, 2.75) is 6.18 Å². The van der Waals surface area contributed by atoms with Crippen LogP contribution in [-0.2, 0) is 6.18 Å². The Morgan fingerprint density at radius 3 is 2.74 bits per heavy atom. The van der Waals surface area contributed by atoms with Crippen LogP contribution in [0.25, 0.3) is 4.96 Å². The first-order valence-corrected chi connectivity index (χ1v) is 6.81. The second-order valence-corrected chi connectivity index (χ2v) is 5.19. The first-order valence-electron chi connectivity index (χ1n) is 6.00. The van der Waals surface area contributed by atoms with Gasteiger partial charge in [0, 0.05) is 0 Å². The molecule has 0 aliphatic heterocycles. The van der Waals surface area contributed by atoms with Gasteiger partial charge in [0.1, 0.15) is 6.07 Å². The Morgan fingerprint density at radius 1 is 1.30 bits per heavy atom. The van der Waals surface area contributed by atoms with Crippen LogP contribution in [0, 0.1) is 11.3 Å². The van der Waals surface area contributed by atoms with Crippen LogP contribution in [0.1, 0.15) is 21.2 Å². The molecule has 0 bridgehead atoms. The van der Waals surface area contributed by atoms with Crippen molar-refractivity contribution in [2.24, 2.45) is 0 Å². The fourth-order valence-corrected chi connectivity index (χ4v) is 2.49. The van der Waals surface area contributed by atoms with E-state index in [9.17, 15) is 18.0 Å².